The maximum absolute atomic E-state index is 11.5. The van der Waals surface area contributed by atoms with Crippen molar-refractivity contribution in [2.45, 2.75) is 25.9 Å². The predicted octanol–water partition coefficient (Wildman–Crippen LogP) is 2.92. The highest BCUT2D eigenvalue weighted by Gasteiger charge is 2.22. The summed E-state index contributed by atoms with van der Waals surface area (Å²) >= 11 is 0. The normalized spacial score (nSPS) is 15.9. The topological polar surface area (TPSA) is 52.6 Å². The highest BCUT2D eigenvalue weighted by molar-refractivity contribution is 5.93. The number of amides is 1. The van der Waals surface area contributed by atoms with Crippen molar-refractivity contribution in [2.24, 2.45) is 0 Å². The maximum atomic E-state index is 11.5. The lowest BCUT2D eigenvalue weighted by atomic mass is 9.95. The Labute approximate surface area is 130 Å². The van der Waals surface area contributed by atoms with Gasteiger partial charge in [0, 0.05) is 24.7 Å². The smallest absolute Gasteiger partial charge is 0.274 e. The number of hydroxylamine groups is 1. The Morgan fingerprint density at radius 1 is 1.18 bits per heavy atom. The van der Waals surface area contributed by atoms with Crippen molar-refractivity contribution >= 4 is 5.91 Å². The van der Waals surface area contributed by atoms with Gasteiger partial charge in [0.1, 0.15) is 0 Å². The van der Waals surface area contributed by atoms with Crippen molar-refractivity contribution in [3.8, 4) is 0 Å². The molecular formula is C18H20N2O2. The van der Waals surface area contributed by atoms with Gasteiger partial charge in [-0.25, -0.2) is 5.48 Å². The summed E-state index contributed by atoms with van der Waals surface area (Å²) in [5, 5.41) is 8.73. The number of benzene rings is 2. The second-order valence-corrected chi connectivity index (χ2v) is 5.73. The van der Waals surface area contributed by atoms with Crippen LogP contribution in [0.15, 0.2) is 48.5 Å². The monoisotopic (exact) mass is 296 g/mol. The average Bonchev–Trinajstić information content (AvgIpc) is 2.60. The van der Waals surface area contributed by atoms with E-state index in [1.807, 2.05) is 18.2 Å². The maximum Gasteiger partial charge on any atom is 0.274 e. The molecule has 1 amide bonds. The van der Waals surface area contributed by atoms with Crippen molar-refractivity contribution in [1.82, 2.24) is 10.4 Å². The lowest BCUT2D eigenvalue weighted by Gasteiger charge is -2.34. The first kappa shape index (κ1) is 14.8. The number of nitrogens with one attached hydrogen (secondary N) is 1. The van der Waals surface area contributed by atoms with E-state index in [0.717, 1.165) is 19.5 Å². The summed E-state index contributed by atoms with van der Waals surface area (Å²) in [6.07, 6.45) is 0.916. The minimum Gasteiger partial charge on any atom is -0.292 e. The molecule has 3 rings (SSSR count). The lowest BCUT2D eigenvalue weighted by molar-refractivity contribution is 0.0706. The first-order chi connectivity index (χ1) is 10.7. The standard InChI is InChI=1S/C18H20N2O2/c1-13(14-5-3-2-4-6-14)20-10-9-15-11-16(18(21)19-22)7-8-17(15)12-20/h2-8,11,13,22H,9-10,12H2,1H3,(H,19,21). The van der Waals surface area contributed by atoms with Gasteiger partial charge >= 0.3 is 0 Å². The van der Waals surface area contributed by atoms with Gasteiger partial charge in [0.05, 0.1) is 0 Å². The van der Waals surface area contributed by atoms with E-state index in [9.17, 15) is 4.79 Å². The van der Waals surface area contributed by atoms with E-state index in [-0.39, 0.29) is 0 Å². The number of carbonyl (C=O) groups excluding carboxylic acids is 1. The molecule has 1 unspecified atom stereocenters. The van der Waals surface area contributed by atoms with Crippen LogP contribution in [0.3, 0.4) is 0 Å². The van der Waals surface area contributed by atoms with Gasteiger partial charge in [-0.05, 0) is 42.2 Å². The number of hydrogen-bond acceptors (Lipinski definition) is 3. The average molecular weight is 296 g/mol. The molecule has 0 saturated carbocycles. The third-order valence-corrected chi connectivity index (χ3v) is 4.44. The van der Waals surface area contributed by atoms with Gasteiger partial charge in [0.2, 0.25) is 0 Å². The van der Waals surface area contributed by atoms with Crippen LogP contribution in [-0.4, -0.2) is 22.6 Å². The molecule has 0 bridgehead atoms. The molecule has 0 aliphatic carbocycles. The largest absolute Gasteiger partial charge is 0.292 e. The molecule has 1 aliphatic rings. The fourth-order valence-electron chi connectivity index (χ4n) is 3.05. The van der Waals surface area contributed by atoms with Crippen LogP contribution in [0.2, 0.25) is 0 Å². The van der Waals surface area contributed by atoms with E-state index in [1.165, 1.54) is 16.7 Å². The van der Waals surface area contributed by atoms with Gasteiger partial charge in [-0.3, -0.25) is 14.9 Å². The molecule has 22 heavy (non-hydrogen) atoms. The minimum atomic E-state index is -0.456. The third-order valence-electron chi connectivity index (χ3n) is 4.44. The molecule has 1 heterocycles. The van der Waals surface area contributed by atoms with Crippen molar-refractivity contribution in [3.63, 3.8) is 0 Å². The van der Waals surface area contributed by atoms with Crippen molar-refractivity contribution in [1.29, 1.82) is 0 Å². The zero-order chi connectivity index (χ0) is 15.5. The Kier molecular flexibility index (Phi) is 4.22. The van der Waals surface area contributed by atoms with Gasteiger partial charge in [-0.1, -0.05) is 36.4 Å². The van der Waals surface area contributed by atoms with Gasteiger partial charge in [-0.15, -0.1) is 0 Å². The van der Waals surface area contributed by atoms with Crippen LogP contribution >= 0.6 is 0 Å². The number of nitrogens with zero attached hydrogens (tertiary/aromatic N) is 1. The molecule has 0 radical (unpaired) electrons. The Bertz CT molecular complexity index is 670. The molecule has 1 aliphatic heterocycles. The van der Waals surface area contributed by atoms with Crippen LogP contribution in [0.4, 0.5) is 0 Å². The molecule has 0 saturated heterocycles. The summed E-state index contributed by atoms with van der Waals surface area (Å²) < 4.78 is 0. The molecule has 2 aromatic rings. The molecule has 4 nitrogen and oxygen atoms in total. The molecular weight excluding hydrogens is 276 g/mol. The van der Waals surface area contributed by atoms with Gasteiger partial charge in [-0.2, -0.15) is 0 Å². The Balaban J connectivity index is 1.78. The zero-order valence-electron chi connectivity index (χ0n) is 12.6. The molecule has 114 valence electrons. The van der Waals surface area contributed by atoms with Crippen LogP contribution in [0.25, 0.3) is 0 Å². The van der Waals surface area contributed by atoms with E-state index >= 15 is 0 Å². The van der Waals surface area contributed by atoms with Crippen LogP contribution in [0.1, 0.15) is 40.0 Å². The number of carbonyl (C=O) groups is 1. The second kappa shape index (κ2) is 6.30. The number of fused-ring (bicyclic) bond motifs is 1. The predicted molar refractivity (Wildman–Crippen MR) is 84.7 cm³/mol. The van der Waals surface area contributed by atoms with Gasteiger partial charge in [0.25, 0.3) is 5.91 Å². The second-order valence-electron chi connectivity index (χ2n) is 5.73. The van der Waals surface area contributed by atoms with Gasteiger partial charge in [0.15, 0.2) is 0 Å². The molecule has 4 heteroatoms. The Morgan fingerprint density at radius 2 is 1.95 bits per heavy atom. The molecule has 0 spiro atoms. The fraction of sp³-hybridized carbons (Fsp3) is 0.278. The highest BCUT2D eigenvalue weighted by atomic mass is 16.5. The summed E-state index contributed by atoms with van der Waals surface area (Å²) in [5.74, 6) is -0.456. The molecule has 0 fully saturated rings. The van der Waals surface area contributed by atoms with Crippen molar-refractivity contribution in [2.75, 3.05) is 6.54 Å². The summed E-state index contributed by atoms with van der Waals surface area (Å²) in [5.41, 5.74) is 5.96. The highest BCUT2D eigenvalue weighted by Crippen LogP contribution is 2.28. The third kappa shape index (κ3) is 2.89. The Hall–Kier alpha value is -2.17. The summed E-state index contributed by atoms with van der Waals surface area (Å²) in [6, 6.07) is 16.5. The molecule has 1 atom stereocenters. The first-order valence-electron chi connectivity index (χ1n) is 7.54. The quantitative estimate of drug-likeness (QED) is 0.676. The minimum absolute atomic E-state index is 0.370. The molecule has 0 aromatic heterocycles. The van der Waals surface area contributed by atoms with E-state index in [1.54, 1.807) is 11.5 Å². The fourth-order valence-corrected chi connectivity index (χ4v) is 3.05. The van der Waals surface area contributed by atoms with Crippen molar-refractivity contribution < 1.29 is 10.0 Å². The summed E-state index contributed by atoms with van der Waals surface area (Å²) in [4.78, 5) is 13.9. The molecule has 2 N–H and O–H groups in total. The number of hydrogen-bond donors (Lipinski definition) is 2. The first-order valence-corrected chi connectivity index (χ1v) is 7.54. The number of rotatable bonds is 3. The van der Waals surface area contributed by atoms with Crippen molar-refractivity contribution in [3.05, 3.63) is 70.8 Å². The van der Waals surface area contributed by atoms with E-state index in [0.29, 0.717) is 11.6 Å². The van der Waals surface area contributed by atoms with E-state index in [4.69, 9.17) is 5.21 Å². The SMILES string of the molecule is CC(c1ccccc1)N1CCc2cc(C(=O)NO)ccc2C1. The van der Waals surface area contributed by atoms with Gasteiger partial charge < -0.3 is 0 Å². The summed E-state index contributed by atoms with van der Waals surface area (Å²) in [6.45, 7) is 4.08. The lowest BCUT2D eigenvalue weighted by Crippen LogP contribution is -2.33. The van der Waals surface area contributed by atoms with Crippen LogP contribution in [0, 0.1) is 0 Å². The van der Waals surface area contributed by atoms with E-state index in [2.05, 4.69) is 36.1 Å². The van der Waals surface area contributed by atoms with Crippen LogP contribution in [-0.2, 0) is 13.0 Å². The summed E-state index contributed by atoms with van der Waals surface area (Å²) in [7, 11) is 0. The van der Waals surface area contributed by atoms with Crippen LogP contribution < -0.4 is 5.48 Å². The molecule has 2 aromatic carbocycles. The van der Waals surface area contributed by atoms with E-state index < -0.39 is 5.91 Å². The zero-order valence-corrected chi connectivity index (χ0v) is 12.6. The van der Waals surface area contributed by atoms with Crippen LogP contribution in [0.5, 0.6) is 0 Å². The Morgan fingerprint density at radius 3 is 2.68 bits per heavy atom.